The molecule has 7 heteroatoms. The van der Waals surface area contributed by atoms with Gasteiger partial charge in [-0.15, -0.1) is 5.10 Å². The third-order valence-corrected chi connectivity index (χ3v) is 4.63. The molecule has 0 atom stereocenters. The molecule has 0 radical (unpaired) electrons. The van der Waals surface area contributed by atoms with E-state index in [1.165, 1.54) is 12.1 Å². The van der Waals surface area contributed by atoms with Gasteiger partial charge in [-0.3, -0.25) is 0 Å². The van der Waals surface area contributed by atoms with Crippen LogP contribution in [0, 0.1) is 5.82 Å². The van der Waals surface area contributed by atoms with Crippen LogP contribution in [0.5, 0.6) is 0 Å². The van der Waals surface area contributed by atoms with E-state index in [1.54, 1.807) is 30.2 Å². The summed E-state index contributed by atoms with van der Waals surface area (Å²) in [7, 11) is 0. The van der Waals surface area contributed by atoms with E-state index < -0.39 is 0 Å². The Balaban J connectivity index is 1.45. The zero-order chi connectivity index (χ0) is 16.4. The van der Waals surface area contributed by atoms with E-state index in [9.17, 15) is 4.39 Å². The number of rotatable bonds is 3. The summed E-state index contributed by atoms with van der Waals surface area (Å²) < 4.78 is 12.9. The first-order valence-electron chi connectivity index (χ1n) is 7.47. The zero-order valence-electron chi connectivity index (χ0n) is 12.7. The average molecular weight is 339 g/mol. The SMILES string of the molecule is Fc1ccc(CNC2=NN=C(c3ccc4nc[nH]c4c3)CS2)cc1. The highest BCUT2D eigenvalue weighted by Crippen LogP contribution is 2.18. The minimum atomic E-state index is -0.230. The topological polar surface area (TPSA) is 65.4 Å². The lowest BCUT2D eigenvalue weighted by Crippen LogP contribution is -2.23. The number of thioether (sulfide) groups is 1. The van der Waals surface area contributed by atoms with Crippen LogP contribution in [0.25, 0.3) is 11.0 Å². The summed E-state index contributed by atoms with van der Waals surface area (Å²) >= 11 is 1.60. The van der Waals surface area contributed by atoms with Gasteiger partial charge >= 0.3 is 0 Å². The van der Waals surface area contributed by atoms with Crippen LogP contribution in [0.3, 0.4) is 0 Å². The number of amidine groups is 1. The molecule has 2 aromatic carbocycles. The molecule has 0 aliphatic carbocycles. The largest absolute Gasteiger partial charge is 0.359 e. The smallest absolute Gasteiger partial charge is 0.183 e. The lowest BCUT2D eigenvalue weighted by Gasteiger charge is -2.13. The third-order valence-electron chi connectivity index (χ3n) is 3.72. The normalized spacial score (nSPS) is 14.4. The molecule has 1 aliphatic heterocycles. The lowest BCUT2D eigenvalue weighted by atomic mass is 10.1. The fourth-order valence-corrected chi connectivity index (χ4v) is 3.19. The lowest BCUT2D eigenvalue weighted by molar-refractivity contribution is 0.627. The maximum absolute atomic E-state index is 12.9. The molecule has 2 heterocycles. The highest BCUT2D eigenvalue weighted by molar-refractivity contribution is 8.14. The summed E-state index contributed by atoms with van der Waals surface area (Å²) in [5.41, 5.74) is 4.90. The fraction of sp³-hybridized carbons (Fsp3) is 0.118. The van der Waals surface area contributed by atoms with Gasteiger partial charge in [-0.2, -0.15) is 5.10 Å². The molecule has 3 aromatic rings. The van der Waals surface area contributed by atoms with Gasteiger partial charge in [0.25, 0.3) is 0 Å². The predicted molar refractivity (Wildman–Crippen MR) is 95.8 cm³/mol. The van der Waals surface area contributed by atoms with Gasteiger partial charge in [0.2, 0.25) is 0 Å². The van der Waals surface area contributed by atoms with Crippen molar-refractivity contribution in [1.82, 2.24) is 15.3 Å². The molecule has 5 nitrogen and oxygen atoms in total. The minimum absolute atomic E-state index is 0.230. The highest BCUT2D eigenvalue weighted by atomic mass is 32.2. The van der Waals surface area contributed by atoms with Gasteiger partial charge in [-0.25, -0.2) is 9.37 Å². The van der Waals surface area contributed by atoms with Crippen molar-refractivity contribution in [3.8, 4) is 0 Å². The first-order chi connectivity index (χ1) is 11.8. The van der Waals surface area contributed by atoms with E-state index in [0.717, 1.165) is 38.8 Å². The Morgan fingerprint density at radius 3 is 2.79 bits per heavy atom. The number of benzene rings is 2. The Morgan fingerprint density at radius 1 is 1.12 bits per heavy atom. The monoisotopic (exact) mass is 339 g/mol. The third kappa shape index (κ3) is 3.16. The Bertz CT molecular complexity index is 930. The molecule has 120 valence electrons. The average Bonchev–Trinajstić information content (AvgIpc) is 3.09. The molecule has 0 saturated carbocycles. The number of aromatic nitrogens is 2. The maximum atomic E-state index is 12.9. The van der Waals surface area contributed by atoms with Crippen LogP contribution in [-0.4, -0.2) is 26.6 Å². The number of imidazole rings is 1. The number of aromatic amines is 1. The number of halogens is 1. The van der Waals surface area contributed by atoms with Crippen LogP contribution in [0.4, 0.5) is 4.39 Å². The molecule has 1 aromatic heterocycles. The summed E-state index contributed by atoms with van der Waals surface area (Å²) in [6.45, 7) is 0.594. The van der Waals surface area contributed by atoms with Crippen molar-refractivity contribution in [2.45, 2.75) is 6.54 Å². The van der Waals surface area contributed by atoms with Crippen molar-refractivity contribution in [2.24, 2.45) is 10.2 Å². The van der Waals surface area contributed by atoms with Crippen LogP contribution in [-0.2, 0) is 6.54 Å². The van der Waals surface area contributed by atoms with E-state index in [1.807, 2.05) is 18.2 Å². The van der Waals surface area contributed by atoms with Gasteiger partial charge in [0.15, 0.2) is 5.17 Å². The van der Waals surface area contributed by atoms with Crippen LogP contribution in [0.15, 0.2) is 59.0 Å². The van der Waals surface area contributed by atoms with Gasteiger partial charge in [0.05, 0.1) is 23.1 Å². The zero-order valence-corrected chi connectivity index (χ0v) is 13.5. The van der Waals surface area contributed by atoms with Crippen molar-refractivity contribution in [3.05, 3.63) is 65.7 Å². The first-order valence-corrected chi connectivity index (χ1v) is 8.46. The Hall–Kier alpha value is -2.67. The van der Waals surface area contributed by atoms with Crippen LogP contribution < -0.4 is 5.32 Å². The van der Waals surface area contributed by atoms with Crippen molar-refractivity contribution in [2.75, 3.05) is 5.75 Å². The summed E-state index contributed by atoms with van der Waals surface area (Å²) in [5, 5.41) is 12.6. The number of hydrogen-bond acceptors (Lipinski definition) is 5. The molecule has 0 amide bonds. The molecule has 0 saturated heterocycles. The molecule has 0 spiro atoms. The molecular formula is C17H14FN5S. The number of hydrogen-bond donors (Lipinski definition) is 2. The minimum Gasteiger partial charge on any atom is -0.359 e. The second-order valence-electron chi connectivity index (χ2n) is 5.36. The molecule has 0 unspecified atom stereocenters. The molecule has 24 heavy (non-hydrogen) atoms. The van der Waals surface area contributed by atoms with Crippen LogP contribution in [0.2, 0.25) is 0 Å². The first kappa shape index (κ1) is 14.9. The second-order valence-corrected chi connectivity index (χ2v) is 6.32. The maximum Gasteiger partial charge on any atom is 0.183 e. The van der Waals surface area contributed by atoms with E-state index in [4.69, 9.17) is 0 Å². The quantitative estimate of drug-likeness (QED) is 0.769. The van der Waals surface area contributed by atoms with Gasteiger partial charge in [0.1, 0.15) is 5.82 Å². The summed E-state index contributed by atoms with van der Waals surface area (Å²) in [6, 6.07) is 12.4. The molecule has 1 aliphatic rings. The van der Waals surface area contributed by atoms with Gasteiger partial charge in [-0.1, -0.05) is 30.0 Å². The van der Waals surface area contributed by atoms with Crippen LogP contribution in [0.1, 0.15) is 11.1 Å². The number of H-pyrrole nitrogens is 1. The predicted octanol–water partition coefficient (Wildman–Crippen LogP) is 3.30. The van der Waals surface area contributed by atoms with Gasteiger partial charge in [0, 0.05) is 17.9 Å². The fourth-order valence-electron chi connectivity index (χ4n) is 2.42. The molecule has 0 fully saturated rings. The number of fused-ring (bicyclic) bond motifs is 1. The highest BCUT2D eigenvalue weighted by Gasteiger charge is 2.13. The Morgan fingerprint density at radius 2 is 2.00 bits per heavy atom. The Kier molecular flexibility index (Phi) is 4.00. The molecule has 0 bridgehead atoms. The summed E-state index contributed by atoms with van der Waals surface area (Å²) in [5.74, 6) is 0.515. The van der Waals surface area contributed by atoms with Crippen molar-refractivity contribution in [3.63, 3.8) is 0 Å². The van der Waals surface area contributed by atoms with Crippen LogP contribution >= 0.6 is 11.8 Å². The van der Waals surface area contributed by atoms with Crippen molar-refractivity contribution in [1.29, 1.82) is 0 Å². The standard InChI is InChI=1S/C17H14FN5S/c18-13-4-1-11(2-5-13)8-19-17-23-22-16(9-24-17)12-3-6-14-15(7-12)21-10-20-14/h1-7,10H,8-9H2,(H,19,23)(H,20,21). The number of nitrogens with zero attached hydrogens (tertiary/aromatic N) is 3. The summed E-state index contributed by atoms with van der Waals surface area (Å²) in [4.78, 5) is 7.32. The van der Waals surface area contributed by atoms with E-state index in [-0.39, 0.29) is 5.82 Å². The van der Waals surface area contributed by atoms with E-state index >= 15 is 0 Å². The van der Waals surface area contributed by atoms with Crippen molar-refractivity contribution < 1.29 is 4.39 Å². The molecule has 4 rings (SSSR count). The summed E-state index contributed by atoms with van der Waals surface area (Å²) in [6.07, 6.45) is 1.68. The second kappa shape index (κ2) is 6.45. The molecule has 2 N–H and O–H groups in total. The van der Waals surface area contributed by atoms with E-state index in [0.29, 0.717) is 6.54 Å². The van der Waals surface area contributed by atoms with Gasteiger partial charge < -0.3 is 10.3 Å². The van der Waals surface area contributed by atoms with E-state index in [2.05, 4.69) is 25.5 Å². The Labute approximate surface area is 142 Å². The molecular weight excluding hydrogens is 325 g/mol. The van der Waals surface area contributed by atoms with Crippen molar-refractivity contribution >= 4 is 33.7 Å². The van der Waals surface area contributed by atoms with Gasteiger partial charge in [-0.05, 0) is 29.8 Å². The number of nitrogens with one attached hydrogen (secondary N) is 2.